The molecule has 0 aliphatic rings. The molecular weight excluding hydrogens is 328 g/mol. The number of aromatic nitrogens is 2. The highest BCUT2D eigenvalue weighted by atomic mass is 16.2. The van der Waals surface area contributed by atoms with E-state index in [1.165, 1.54) is 4.57 Å². The van der Waals surface area contributed by atoms with Gasteiger partial charge >= 0.3 is 5.69 Å². The lowest BCUT2D eigenvalue weighted by Crippen LogP contribution is -2.38. The fourth-order valence-corrected chi connectivity index (χ4v) is 2.96. The average Bonchev–Trinajstić information content (AvgIpc) is 2.66. The first-order chi connectivity index (χ1) is 12.6. The van der Waals surface area contributed by atoms with Gasteiger partial charge in [0.15, 0.2) is 0 Å². The fourth-order valence-electron chi connectivity index (χ4n) is 2.96. The van der Waals surface area contributed by atoms with Crippen molar-refractivity contribution in [2.75, 3.05) is 17.2 Å². The maximum absolute atomic E-state index is 12.5. The second kappa shape index (κ2) is 7.74. The van der Waals surface area contributed by atoms with E-state index in [9.17, 15) is 9.59 Å². The van der Waals surface area contributed by atoms with Crippen molar-refractivity contribution in [1.29, 1.82) is 0 Å². The van der Waals surface area contributed by atoms with Gasteiger partial charge in [0.1, 0.15) is 11.5 Å². The van der Waals surface area contributed by atoms with Crippen LogP contribution in [0.4, 0.5) is 11.5 Å². The van der Waals surface area contributed by atoms with Crippen molar-refractivity contribution in [1.82, 2.24) is 9.55 Å². The van der Waals surface area contributed by atoms with Crippen LogP contribution in [-0.2, 0) is 13.1 Å². The summed E-state index contributed by atoms with van der Waals surface area (Å²) >= 11 is 0. The maximum Gasteiger partial charge on any atom is 0.330 e. The van der Waals surface area contributed by atoms with Crippen molar-refractivity contribution in [2.24, 2.45) is 0 Å². The second-order valence-corrected chi connectivity index (χ2v) is 6.06. The summed E-state index contributed by atoms with van der Waals surface area (Å²) < 4.78 is 1.40. The normalized spacial score (nSPS) is 10.7. The van der Waals surface area contributed by atoms with E-state index in [-0.39, 0.29) is 5.82 Å². The Morgan fingerprint density at radius 2 is 1.54 bits per heavy atom. The first-order valence-corrected chi connectivity index (χ1v) is 8.55. The molecule has 3 N–H and O–H groups in total. The minimum absolute atomic E-state index is 0.181. The molecule has 0 amide bonds. The van der Waals surface area contributed by atoms with Gasteiger partial charge in [-0.25, -0.2) is 4.79 Å². The third kappa shape index (κ3) is 3.69. The van der Waals surface area contributed by atoms with Gasteiger partial charge < -0.3 is 10.6 Å². The molecule has 0 radical (unpaired) electrons. The minimum Gasteiger partial charge on any atom is -0.383 e. The van der Waals surface area contributed by atoms with E-state index >= 15 is 0 Å². The van der Waals surface area contributed by atoms with Gasteiger partial charge in [-0.2, -0.15) is 0 Å². The zero-order chi connectivity index (χ0) is 18.5. The molecule has 0 fully saturated rings. The Kier molecular flexibility index (Phi) is 5.22. The van der Waals surface area contributed by atoms with Crippen LogP contribution in [0.3, 0.4) is 0 Å². The van der Waals surface area contributed by atoms with Gasteiger partial charge in [0.05, 0.1) is 6.54 Å². The van der Waals surface area contributed by atoms with Gasteiger partial charge in [-0.1, -0.05) is 60.7 Å². The molecule has 0 bridgehead atoms. The smallest absolute Gasteiger partial charge is 0.330 e. The molecule has 0 saturated carbocycles. The molecule has 6 heteroatoms. The number of anilines is 2. The number of nitrogen functional groups attached to an aromatic ring is 1. The van der Waals surface area contributed by atoms with Crippen molar-refractivity contribution in [3.8, 4) is 0 Å². The number of rotatable bonds is 6. The van der Waals surface area contributed by atoms with Gasteiger partial charge in [0.25, 0.3) is 5.56 Å². The first-order valence-electron chi connectivity index (χ1n) is 8.55. The quantitative estimate of drug-likeness (QED) is 0.714. The SMILES string of the molecule is CCN(Cc1ccccc1)c1c(N)n(Cc2ccccc2)c(=O)[nH]c1=O. The van der Waals surface area contributed by atoms with Gasteiger partial charge in [-0.05, 0) is 18.1 Å². The topological polar surface area (TPSA) is 84.1 Å². The molecule has 0 unspecified atom stereocenters. The number of H-pyrrole nitrogens is 1. The van der Waals surface area contributed by atoms with Crippen LogP contribution in [0.1, 0.15) is 18.1 Å². The van der Waals surface area contributed by atoms with Crippen molar-refractivity contribution in [3.05, 3.63) is 92.6 Å². The molecule has 3 aromatic rings. The van der Waals surface area contributed by atoms with Crippen molar-refractivity contribution in [2.45, 2.75) is 20.0 Å². The summed E-state index contributed by atoms with van der Waals surface area (Å²) in [5.74, 6) is 0.181. The zero-order valence-corrected chi connectivity index (χ0v) is 14.7. The largest absolute Gasteiger partial charge is 0.383 e. The molecule has 6 nitrogen and oxygen atoms in total. The number of hydrogen-bond acceptors (Lipinski definition) is 4. The van der Waals surface area contributed by atoms with Gasteiger partial charge in [-0.15, -0.1) is 0 Å². The molecule has 26 heavy (non-hydrogen) atoms. The number of hydrogen-bond donors (Lipinski definition) is 2. The van der Waals surface area contributed by atoms with Crippen LogP contribution in [0.25, 0.3) is 0 Å². The number of nitrogens with two attached hydrogens (primary N) is 1. The molecule has 1 aromatic heterocycles. The fraction of sp³-hybridized carbons (Fsp3) is 0.200. The van der Waals surface area contributed by atoms with Crippen LogP contribution in [0.2, 0.25) is 0 Å². The summed E-state index contributed by atoms with van der Waals surface area (Å²) in [6.45, 7) is 3.38. The molecule has 0 saturated heterocycles. The van der Waals surface area contributed by atoms with Crippen molar-refractivity contribution >= 4 is 11.5 Å². The highest BCUT2D eigenvalue weighted by molar-refractivity contribution is 5.62. The summed E-state index contributed by atoms with van der Waals surface area (Å²) in [5, 5.41) is 0. The number of aromatic amines is 1. The van der Waals surface area contributed by atoms with Crippen LogP contribution in [0, 0.1) is 0 Å². The molecule has 0 aliphatic carbocycles. The summed E-state index contributed by atoms with van der Waals surface area (Å²) in [7, 11) is 0. The maximum atomic E-state index is 12.5. The number of nitrogens with zero attached hydrogens (tertiary/aromatic N) is 2. The van der Waals surface area contributed by atoms with Crippen molar-refractivity contribution in [3.63, 3.8) is 0 Å². The third-order valence-corrected chi connectivity index (χ3v) is 4.31. The Morgan fingerprint density at radius 1 is 0.962 bits per heavy atom. The summed E-state index contributed by atoms with van der Waals surface area (Å²) in [5.41, 5.74) is 7.62. The number of nitrogens with one attached hydrogen (secondary N) is 1. The monoisotopic (exact) mass is 350 g/mol. The average molecular weight is 350 g/mol. The van der Waals surface area contributed by atoms with E-state index in [1.807, 2.05) is 72.5 Å². The zero-order valence-electron chi connectivity index (χ0n) is 14.7. The molecule has 0 aliphatic heterocycles. The number of benzene rings is 2. The van der Waals surface area contributed by atoms with E-state index < -0.39 is 11.2 Å². The first kappa shape index (κ1) is 17.5. The van der Waals surface area contributed by atoms with E-state index in [4.69, 9.17) is 5.73 Å². The lowest BCUT2D eigenvalue weighted by atomic mass is 10.2. The van der Waals surface area contributed by atoms with E-state index in [2.05, 4.69) is 4.98 Å². The molecule has 1 heterocycles. The second-order valence-electron chi connectivity index (χ2n) is 6.06. The van der Waals surface area contributed by atoms with Crippen LogP contribution in [-0.4, -0.2) is 16.1 Å². The molecular formula is C20H22N4O2. The predicted octanol–water partition coefficient (Wildman–Crippen LogP) is 2.19. The van der Waals surface area contributed by atoms with E-state index in [1.54, 1.807) is 0 Å². The Hall–Kier alpha value is -3.28. The summed E-state index contributed by atoms with van der Waals surface area (Å²) in [6.07, 6.45) is 0. The molecule has 0 spiro atoms. The highest BCUT2D eigenvalue weighted by Crippen LogP contribution is 2.19. The minimum atomic E-state index is -0.504. The Balaban J connectivity index is 2.02. The standard InChI is InChI=1S/C20H22N4O2/c1-2-23(13-15-9-5-3-6-10-15)17-18(21)24(20(26)22-19(17)25)14-16-11-7-4-8-12-16/h3-12H,2,13-14,21H2,1H3,(H,22,25,26). The Bertz CT molecular complexity index is 978. The lowest BCUT2D eigenvalue weighted by molar-refractivity contribution is 0.718. The Labute approximate surface area is 151 Å². The van der Waals surface area contributed by atoms with Crippen molar-refractivity contribution < 1.29 is 0 Å². The van der Waals surface area contributed by atoms with Crippen LogP contribution in [0.15, 0.2) is 70.3 Å². The highest BCUT2D eigenvalue weighted by Gasteiger charge is 2.18. The predicted molar refractivity (Wildman–Crippen MR) is 104 cm³/mol. The van der Waals surface area contributed by atoms with Crippen LogP contribution < -0.4 is 21.9 Å². The molecule has 134 valence electrons. The van der Waals surface area contributed by atoms with Gasteiger partial charge in [-0.3, -0.25) is 14.3 Å². The third-order valence-electron chi connectivity index (χ3n) is 4.31. The van der Waals surface area contributed by atoms with E-state index in [0.29, 0.717) is 25.3 Å². The van der Waals surface area contributed by atoms with Gasteiger partial charge in [0.2, 0.25) is 0 Å². The van der Waals surface area contributed by atoms with E-state index in [0.717, 1.165) is 11.1 Å². The molecule has 2 aromatic carbocycles. The lowest BCUT2D eigenvalue weighted by Gasteiger charge is -2.25. The molecule has 0 atom stereocenters. The van der Waals surface area contributed by atoms with Crippen LogP contribution in [0.5, 0.6) is 0 Å². The Morgan fingerprint density at radius 3 is 2.12 bits per heavy atom. The summed E-state index contributed by atoms with van der Waals surface area (Å²) in [4.78, 5) is 29.0. The van der Waals surface area contributed by atoms with Crippen LogP contribution >= 0.6 is 0 Å². The molecule has 3 rings (SSSR count). The summed E-state index contributed by atoms with van der Waals surface area (Å²) in [6, 6.07) is 19.4. The van der Waals surface area contributed by atoms with Gasteiger partial charge in [0, 0.05) is 13.1 Å².